The molecule has 0 aliphatic heterocycles. The van der Waals surface area contributed by atoms with Gasteiger partial charge in [0.15, 0.2) is 5.03 Å². The third kappa shape index (κ3) is 4.00. The Morgan fingerprint density at radius 2 is 2.04 bits per heavy atom. The van der Waals surface area contributed by atoms with Crippen LogP contribution < -0.4 is 16.0 Å². The zero-order chi connectivity index (χ0) is 17.7. The van der Waals surface area contributed by atoms with E-state index in [0.717, 1.165) is 11.8 Å². The number of carbonyl (C=O) groups is 1. The van der Waals surface area contributed by atoms with E-state index in [0.29, 0.717) is 10.7 Å². The molecule has 120 valence electrons. The highest BCUT2D eigenvalue weighted by atomic mass is 32.2. The lowest BCUT2D eigenvalue weighted by Gasteiger charge is -2.11. The van der Waals surface area contributed by atoms with Crippen molar-refractivity contribution in [2.45, 2.75) is 17.2 Å². The number of benzene rings is 1. The van der Waals surface area contributed by atoms with Crippen molar-refractivity contribution in [3.8, 4) is 12.1 Å². The highest BCUT2D eigenvalue weighted by Crippen LogP contribution is 2.25. The van der Waals surface area contributed by atoms with Gasteiger partial charge >= 0.3 is 0 Å². The van der Waals surface area contributed by atoms with E-state index in [9.17, 15) is 14.4 Å². The molecule has 1 amide bonds. The third-order valence-electron chi connectivity index (χ3n) is 3.07. The molecule has 1 atom stereocenters. The first-order chi connectivity index (χ1) is 11.4. The van der Waals surface area contributed by atoms with Gasteiger partial charge in [0.05, 0.1) is 5.25 Å². The van der Waals surface area contributed by atoms with Crippen LogP contribution >= 0.6 is 11.8 Å². The van der Waals surface area contributed by atoms with Gasteiger partial charge < -0.3 is 5.32 Å². The number of nitrogens with one attached hydrogen (secondary N) is 2. The minimum atomic E-state index is -0.580. The second-order valence-electron chi connectivity index (χ2n) is 4.82. The SMILES string of the molecule is C[C@H](Sc1[nH+]c(N)c(C#N)cc1C#N)C(=O)Nc1cccc(F)c1. The maximum Gasteiger partial charge on any atom is 0.289 e. The number of nitriles is 2. The maximum atomic E-state index is 13.1. The number of pyridine rings is 1. The van der Waals surface area contributed by atoms with Crippen LogP contribution in [0.15, 0.2) is 35.4 Å². The number of aromatic amines is 1. The molecule has 2 rings (SSSR count). The molecule has 6 nitrogen and oxygen atoms in total. The summed E-state index contributed by atoms with van der Waals surface area (Å²) in [6.07, 6.45) is 0. The van der Waals surface area contributed by atoms with Gasteiger partial charge in [-0.1, -0.05) is 17.8 Å². The number of hydrogen-bond acceptors (Lipinski definition) is 5. The molecule has 8 heteroatoms. The Kier molecular flexibility index (Phi) is 5.35. The van der Waals surface area contributed by atoms with Gasteiger partial charge in [-0.2, -0.15) is 10.5 Å². The van der Waals surface area contributed by atoms with Crippen molar-refractivity contribution in [2.24, 2.45) is 0 Å². The molecule has 0 spiro atoms. The first-order valence-electron chi connectivity index (χ1n) is 6.83. The van der Waals surface area contributed by atoms with Crippen molar-refractivity contribution in [1.82, 2.24) is 0 Å². The first-order valence-corrected chi connectivity index (χ1v) is 7.71. The zero-order valence-corrected chi connectivity index (χ0v) is 13.4. The monoisotopic (exact) mass is 342 g/mol. The number of anilines is 2. The topological polar surface area (TPSA) is 117 Å². The molecular weight excluding hydrogens is 329 g/mol. The molecule has 4 N–H and O–H groups in total. The second-order valence-corrected chi connectivity index (χ2v) is 6.17. The highest BCUT2D eigenvalue weighted by Gasteiger charge is 2.21. The summed E-state index contributed by atoms with van der Waals surface area (Å²) in [5.74, 6) is -0.685. The number of H-pyrrole nitrogens is 1. The predicted octanol–water partition coefficient (Wildman–Crippen LogP) is 2.08. The Labute approximate surface area is 142 Å². The summed E-state index contributed by atoms with van der Waals surface area (Å²) < 4.78 is 13.1. The van der Waals surface area contributed by atoms with Gasteiger partial charge in [-0.3, -0.25) is 10.5 Å². The van der Waals surface area contributed by atoms with E-state index in [1.165, 1.54) is 24.3 Å². The maximum absolute atomic E-state index is 13.1. The smallest absolute Gasteiger partial charge is 0.289 e. The number of nitrogen functional groups attached to an aromatic ring is 1. The molecule has 1 aromatic heterocycles. The molecule has 0 aliphatic carbocycles. The van der Waals surface area contributed by atoms with E-state index in [1.54, 1.807) is 13.0 Å². The molecule has 0 radical (unpaired) electrons. The van der Waals surface area contributed by atoms with Gasteiger partial charge in [-0.15, -0.1) is 0 Å². The Bertz CT molecular complexity index is 872. The summed E-state index contributed by atoms with van der Waals surface area (Å²) in [5.41, 5.74) is 6.43. The quantitative estimate of drug-likeness (QED) is 0.825. The summed E-state index contributed by atoms with van der Waals surface area (Å²) >= 11 is 1.09. The molecule has 0 fully saturated rings. The molecule has 0 bridgehead atoms. The van der Waals surface area contributed by atoms with E-state index in [4.69, 9.17) is 11.0 Å². The van der Waals surface area contributed by atoms with Gasteiger partial charge in [0.2, 0.25) is 5.91 Å². The van der Waals surface area contributed by atoms with E-state index in [-0.39, 0.29) is 22.9 Å². The number of nitrogens with two attached hydrogens (primary N) is 1. The van der Waals surface area contributed by atoms with Gasteiger partial charge in [-0.25, -0.2) is 9.37 Å². The molecule has 0 unspecified atom stereocenters. The third-order valence-corrected chi connectivity index (χ3v) is 4.19. The largest absolute Gasteiger partial charge is 0.325 e. The van der Waals surface area contributed by atoms with Crippen molar-refractivity contribution in [1.29, 1.82) is 10.5 Å². The van der Waals surface area contributed by atoms with Crippen LogP contribution in [0.25, 0.3) is 0 Å². The molecule has 1 heterocycles. The zero-order valence-electron chi connectivity index (χ0n) is 12.6. The van der Waals surface area contributed by atoms with E-state index in [1.807, 2.05) is 12.1 Å². The molecule has 0 saturated heterocycles. The lowest BCUT2D eigenvalue weighted by Crippen LogP contribution is -2.25. The Balaban J connectivity index is 2.16. The molecule has 2 aromatic rings. The van der Waals surface area contributed by atoms with Crippen LogP contribution in [0.5, 0.6) is 0 Å². The normalized spacial score (nSPS) is 11.2. The van der Waals surface area contributed by atoms with Crippen molar-refractivity contribution in [2.75, 3.05) is 11.1 Å². The summed E-state index contributed by atoms with van der Waals surface area (Å²) in [6, 6.07) is 10.8. The fourth-order valence-corrected chi connectivity index (χ4v) is 2.77. The average molecular weight is 342 g/mol. The summed E-state index contributed by atoms with van der Waals surface area (Å²) in [6.45, 7) is 1.64. The van der Waals surface area contributed by atoms with Gasteiger partial charge in [0.25, 0.3) is 5.82 Å². The predicted molar refractivity (Wildman–Crippen MR) is 87.2 cm³/mol. The van der Waals surface area contributed by atoms with Crippen molar-refractivity contribution < 1.29 is 14.2 Å². The van der Waals surface area contributed by atoms with Crippen LogP contribution in [0, 0.1) is 28.5 Å². The number of hydrogen-bond donors (Lipinski definition) is 2. The van der Waals surface area contributed by atoms with Crippen LogP contribution in [0.3, 0.4) is 0 Å². The molecule has 1 aromatic carbocycles. The number of thioether (sulfide) groups is 1. The van der Waals surface area contributed by atoms with E-state index in [2.05, 4.69) is 10.3 Å². The van der Waals surface area contributed by atoms with Crippen LogP contribution in [0.1, 0.15) is 18.1 Å². The lowest BCUT2D eigenvalue weighted by atomic mass is 10.2. The van der Waals surface area contributed by atoms with Gasteiger partial charge in [0, 0.05) is 5.69 Å². The molecule has 24 heavy (non-hydrogen) atoms. The summed E-state index contributed by atoms with van der Waals surface area (Å²) in [5, 5.41) is 20.5. The second kappa shape index (κ2) is 7.44. The fourth-order valence-electron chi connectivity index (χ4n) is 1.85. The number of amides is 1. The fraction of sp³-hybridized carbons (Fsp3) is 0.125. The van der Waals surface area contributed by atoms with E-state index < -0.39 is 11.1 Å². The number of nitrogens with zero attached hydrogens (tertiary/aromatic N) is 2. The van der Waals surface area contributed by atoms with Crippen molar-refractivity contribution >= 4 is 29.2 Å². The van der Waals surface area contributed by atoms with Gasteiger partial charge in [-0.05, 0) is 31.2 Å². The minimum Gasteiger partial charge on any atom is -0.325 e. The standard InChI is InChI=1S/C16H12FN5OS/c1-9(15(23)21-13-4-2-3-12(17)6-13)24-16-11(8-19)5-10(7-18)14(20)22-16/h2-6,9H,1H3,(H2,20,22)(H,21,23)/p+1/t9-/m0/s1. The van der Waals surface area contributed by atoms with Gasteiger partial charge in [0.1, 0.15) is 29.1 Å². The number of aromatic nitrogens is 1. The van der Waals surface area contributed by atoms with Crippen molar-refractivity contribution in [3.63, 3.8) is 0 Å². The van der Waals surface area contributed by atoms with Crippen molar-refractivity contribution in [3.05, 3.63) is 47.3 Å². The molecule has 0 aliphatic rings. The highest BCUT2D eigenvalue weighted by molar-refractivity contribution is 8.00. The minimum absolute atomic E-state index is 0.122. The molecule has 0 saturated carbocycles. The Hall–Kier alpha value is -3.10. The Morgan fingerprint density at radius 1 is 1.33 bits per heavy atom. The number of carbonyl (C=O) groups excluding carboxylic acids is 1. The van der Waals surface area contributed by atoms with Crippen LogP contribution in [-0.2, 0) is 4.79 Å². The number of rotatable bonds is 4. The summed E-state index contributed by atoms with van der Waals surface area (Å²) in [7, 11) is 0. The van der Waals surface area contributed by atoms with Crippen LogP contribution in [0.2, 0.25) is 0 Å². The summed E-state index contributed by atoms with van der Waals surface area (Å²) in [4.78, 5) is 15.0. The van der Waals surface area contributed by atoms with E-state index >= 15 is 0 Å². The van der Waals surface area contributed by atoms with Crippen LogP contribution in [0.4, 0.5) is 15.9 Å². The Morgan fingerprint density at radius 3 is 2.67 bits per heavy atom. The molecular formula is C16H13FN5OS+. The number of halogens is 1. The first kappa shape index (κ1) is 17.3. The average Bonchev–Trinajstić information content (AvgIpc) is 2.55. The lowest BCUT2D eigenvalue weighted by molar-refractivity contribution is -0.410. The van der Waals surface area contributed by atoms with Crippen LogP contribution in [-0.4, -0.2) is 11.2 Å².